The predicted octanol–water partition coefficient (Wildman–Crippen LogP) is 6.59. The molecule has 0 fully saturated rings. The summed E-state index contributed by atoms with van der Waals surface area (Å²) in [6, 6.07) is 12.1. The summed E-state index contributed by atoms with van der Waals surface area (Å²) >= 11 is 0. The lowest BCUT2D eigenvalue weighted by Gasteiger charge is -2.20. The molecule has 5 rings (SSSR count). The van der Waals surface area contributed by atoms with Crippen LogP contribution in [0.1, 0.15) is 48.5 Å². The van der Waals surface area contributed by atoms with Crippen molar-refractivity contribution in [3.8, 4) is 22.8 Å². The summed E-state index contributed by atoms with van der Waals surface area (Å²) < 4.78 is 20.5. The van der Waals surface area contributed by atoms with Crippen LogP contribution in [0.3, 0.4) is 0 Å². The maximum atomic E-state index is 13.5. The molecule has 12 nitrogen and oxygen atoms in total. The molecule has 0 saturated carbocycles. The molecule has 0 aliphatic carbocycles. The highest BCUT2D eigenvalue weighted by molar-refractivity contribution is 6.76. The Kier molecular flexibility index (Phi) is 9.26. The van der Waals surface area contributed by atoms with Crippen LogP contribution >= 0.6 is 0 Å². The molecular formula is C33H41N7O5Si. The fourth-order valence-electron chi connectivity index (χ4n) is 4.86. The molecule has 0 bridgehead atoms. The number of amides is 1. The van der Waals surface area contributed by atoms with Crippen molar-refractivity contribution in [2.45, 2.75) is 79.2 Å². The second-order valence-corrected chi connectivity index (χ2v) is 19.1. The van der Waals surface area contributed by atoms with Gasteiger partial charge in [-0.05, 0) is 76.6 Å². The smallest absolute Gasteiger partial charge is 0.419 e. The third-order valence-corrected chi connectivity index (χ3v) is 8.95. The van der Waals surface area contributed by atoms with E-state index in [1.165, 1.54) is 4.57 Å². The Morgan fingerprint density at radius 2 is 1.76 bits per heavy atom. The third-order valence-electron chi connectivity index (χ3n) is 7.24. The van der Waals surface area contributed by atoms with Gasteiger partial charge in [0.05, 0.1) is 11.2 Å². The molecule has 1 amide bonds. The van der Waals surface area contributed by atoms with Crippen molar-refractivity contribution in [1.82, 2.24) is 34.6 Å². The molecule has 0 saturated heterocycles. The van der Waals surface area contributed by atoms with Gasteiger partial charge in [-0.2, -0.15) is 4.98 Å². The third kappa shape index (κ3) is 7.60. The maximum Gasteiger partial charge on any atom is 0.419 e. The van der Waals surface area contributed by atoms with Gasteiger partial charge in [0.2, 0.25) is 5.82 Å². The lowest BCUT2D eigenvalue weighted by Crippen LogP contribution is -2.27. The van der Waals surface area contributed by atoms with E-state index in [2.05, 4.69) is 40.1 Å². The molecule has 1 aromatic carbocycles. The van der Waals surface area contributed by atoms with Crippen LogP contribution in [0.2, 0.25) is 25.7 Å². The van der Waals surface area contributed by atoms with Crippen LogP contribution in [0.25, 0.3) is 33.7 Å². The topological polar surface area (TPSA) is 139 Å². The van der Waals surface area contributed by atoms with E-state index in [4.69, 9.17) is 19.0 Å². The van der Waals surface area contributed by atoms with E-state index in [9.17, 15) is 9.59 Å². The maximum absolute atomic E-state index is 13.5. The first kappa shape index (κ1) is 32.8. The molecule has 1 N–H and O–H groups in total. The van der Waals surface area contributed by atoms with Gasteiger partial charge in [0.15, 0.2) is 5.82 Å². The van der Waals surface area contributed by atoms with Gasteiger partial charge >= 0.3 is 6.09 Å². The van der Waals surface area contributed by atoms with Crippen LogP contribution in [0, 0.1) is 13.8 Å². The average Bonchev–Trinajstić information content (AvgIpc) is 3.67. The standard InChI is InChI=1S/C33H41N7O5Si/c1-21-28(37-29(39(21)20-43-15-16-46(6,7)8)30(41)35-19-23-11-13-34-14-12-23)24-9-10-26-25(17-24)18-27(31-36-22(2)38-45-31)40(26)32(42)44-33(3,4)5/h9-14,17-18H,15-16,19-20H2,1-8H3,(H,35,41). The Balaban J connectivity index is 1.53. The fraction of sp³-hybridized carbons (Fsp3) is 0.394. The number of pyridine rings is 1. The highest BCUT2D eigenvalue weighted by Gasteiger charge is 2.27. The Bertz CT molecular complexity index is 1860. The highest BCUT2D eigenvalue weighted by Crippen LogP contribution is 2.33. The molecular weight excluding hydrogens is 602 g/mol. The molecule has 0 unspecified atom stereocenters. The molecule has 46 heavy (non-hydrogen) atoms. The van der Waals surface area contributed by atoms with Gasteiger partial charge in [0.1, 0.15) is 18.0 Å². The van der Waals surface area contributed by atoms with Crippen molar-refractivity contribution in [3.05, 3.63) is 71.7 Å². The highest BCUT2D eigenvalue weighted by atomic mass is 28.3. The number of benzene rings is 1. The van der Waals surface area contributed by atoms with Gasteiger partial charge in [-0.1, -0.05) is 30.9 Å². The zero-order valence-corrected chi connectivity index (χ0v) is 28.7. The minimum Gasteiger partial charge on any atom is -0.443 e. The summed E-state index contributed by atoms with van der Waals surface area (Å²) in [4.78, 5) is 40.1. The lowest BCUT2D eigenvalue weighted by atomic mass is 10.1. The number of ether oxygens (including phenoxy) is 2. The van der Waals surface area contributed by atoms with Crippen LogP contribution in [-0.4, -0.2) is 61.5 Å². The second-order valence-electron chi connectivity index (χ2n) is 13.4. The number of hydrogen-bond acceptors (Lipinski definition) is 9. The summed E-state index contributed by atoms with van der Waals surface area (Å²) in [5, 5.41) is 7.62. The zero-order valence-electron chi connectivity index (χ0n) is 27.7. The number of hydrogen-bond donors (Lipinski definition) is 1. The van der Waals surface area contributed by atoms with Crippen LogP contribution < -0.4 is 5.32 Å². The Hall–Kier alpha value is -4.62. The molecule has 13 heteroatoms. The summed E-state index contributed by atoms with van der Waals surface area (Å²) in [6.45, 7) is 17.1. The molecule has 0 spiro atoms. The Morgan fingerprint density at radius 3 is 2.41 bits per heavy atom. The van der Waals surface area contributed by atoms with Crippen LogP contribution in [0.5, 0.6) is 0 Å². The molecule has 0 radical (unpaired) electrons. The van der Waals surface area contributed by atoms with E-state index < -0.39 is 19.8 Å². The van der Waals surface area contributed by atoms with Crippen molar-refractivity contribution in [1.29, 1.82) is 0 Å². The number of fused-ring (bicyclic) bond motifs is 1. The first-order chi connectivity index (χ1) is 21.7. The summed E-state index contributed by atoms with van der Waals surface area (Å²) in [5.74, 6) is 0.582. The molecule has 4 heterocycles. The van der Waals surface area contributed by atoms with E-state index >= 15 is 0 Å². The van der Waals surface area contributed by atoms with Gasteiger partial charge in [-0.25, -0.2) is 14.3 Å². The van der Waals surface area contributed by atoms with Crippen LogP contribution in [0.4, 0.5) is 4.79 Å². The minimum absolute atomic E-state index is 0.194. The van der Waals surface area contributed by atoms with E-state index in [1.807, 2.05) is 68.7 Å². The van der Waals surface area contributed by atoms with Gasteiger partial charge in [0.25, 0.3) is 11.8 Å². The average molecular weight is 644 g/mol. The van der Waals surface area contributed by atoms with Crippen molar-refractivity contribution >= 4 is 31.0 Å². The molecule has 5 aromatic rings. The molecule has 0 aliphatic heterocycles. The predicted molar refractivity (Wildman–Crippen MR) is 177 cm³/mol. The molecule has 0 aliphatic rings. The Morgan fingerprint density at radius 1 is 1.02 bits per heavy atom. The van der Waals surface area contributed by atoms with Crippen molar-refractivity contribution in [2.75, 3.05) is 6.61 Å². The first-order valence-electron chi connectivity index (χ1n) is 15.2. The number of nitrogens with one attached hydrogen (secondary N) is 1. The number of carbonyl (C=O) groups excluding carboxylic acids is 2. The number of aromatic nitrogens is 6. The van der Waals surface area contributed by atoms with Gasteiger partial charge in [-0.15, -0.1) is 0 Å². The minimum atomic E-state index is -1.30. The van der Waals surface area contributed by atoms with Gasteiger partial charge < -0.3 is 19.3 Å². The van der Waals surface area contributed by atoms with Crippen LogP contribution in [-0.2, 0) is 22.7 Å². The van der Waals surface area contributed by atoms with Gasteiger partial charge in [0, 0.05) is 50.3 Å². The summed E-state index contributed by atoms with van der Waals surface area (Å²) in [6.07, 6.45) is 2.81. The van der Waals surface area contributed by atoms with E-state index in [0.717, 1.165) is 28.3 Å². The number of aryl methyl sites for hydroxylation is 1. The summed E-state index contributed by atoms with van der Waals surface area (Å²) in [5.41, 5.74) is 3.40. The number of carbonyl (C=O) groups is 2. The fourth-order valence-corrected chi connectivity index (χ4v) is 5.62. The number of rotatable bonds is 10. The SMILES string of the molecule is Cc1noc(-c2cc3cc(-c4nc(C(=O)NCc5ccncc5)n(COCC[Si](C)(C)C)c4C)ccc3n2C(=O)OC(C)(C)C)n1. The normalized spacial score (nSPS) is 12.1. The number of nitrogens with zero attached hydrogens (tertiary/aromatic N) is 6. The molecule has 0 atom stereocenters. The van der Waals surface area contributed by atoms with E-state index in [-0.39, 0.29) is 24.4 Å². The molecule has 4 aromatic heterocycles. The zero-order chi connectivity index (χ0) is 33.2. The van der Waals surface area contributed by atoms with Crippen molar-refractivity contribution in [3.63, 3.8) is 0 Å². The van der Waals surface area contributed by atoms with Gasteiger partial charge in [-0.3, -0.25) is 14.3 Å². The van der Waals surface area contributed by atoms with Crippen molar-refractivity contribution < 1.29 is 23.6 Å². The van der Waals surface area contributed by atoms with Crippen molar-refractivity contribution in [2.24, 2.45) is 0 Å². The van der Waals surface area contributed by atoms with E-state index in [1.54, 1.807) is 19.3 Å². The largest absolute Gasteiger partial charge is 0.443 e. The first-order valence-corrected chi connectivity index (χ1v) is 18.9. The number of imidazole rings is 1. The monoisotopic (exact) mass is 643 g/mol. The second kappa shape index (κ2) is 13.0. The lowest BCUT2D eigenvalue weighted by molar-refractivity contribution is 0.0546. The summed E-state index contributed by atoms with van der Waals surface area (Å²) in [7, 11) is -1.30. The molecule has 242 valence electrons. The van der Waals surface area contributed by atoms with Crippen LogP contribution in [0.15, 0.2) is 53.3 Å². The Labute approximate surface area is 269 Å². The quantitative estimate of drug-likeness (QED) is 0.132. The van der Waals surface area contributed by atoms with E-state index in [0.29, 0.717) is 35.9 Å².